The zero-order chi connectivity index (χ0) is 45.9. The Bertz CT molecular complexity index is 1660. The molecule has 4 N–H and O–H groups in total. The van der Waals surface area contributed by atoms with Gasteiger partial charge in [0.2, 0.25) is 23.6 Å². The van der Waals surface area contributed by atoms with Crippen LogP contribution < -0.4 is 16.0 Å². The van der Waals surface area contributed by atoms with Crippen molar-refractivity contribution in [1.82, 2.24) is 25.8 Å². The smallest absolute Gasteiger partial charge is 0.334 e. The Labute approximate surface area is 357 Å². The van der Waals surface area contributed by atoms with E-state index in [4.69, 9.17) is 4.74 Å². The summed E-state index contributed by atoms with van der Waals surface area (Å²) >= 11 is 0. The zero-order valence-corrected chi connectivity index (χ0v) is 38.0. The number of likely N-dealkylation sites (N-methyl/N-ethyl adjacent to an activating group) is 2. The predicted molar refractivity (Wildman–Crippen MR) is 230 cm³/mol. The van der Waals surface area contributed by atoms with E-state index in [0.717, 1.165) is 16.0 Å². The van der Waals surface area contributed by atoms with Crippen molar-refractivity contribution in [2.75, 3.05) is 27.7 Å². The fourth-order valence-corrected chi connectivity index (χ4v) is 6.30. The molecule has 336 valence electrons. The first-order chi connectivity index (χ1) is 28.1. The van der Waals surface area contributed by atoms with Crippen LogP contribution in [0.25, 0.3) is 0 Å². The number of aliphatic hydroxyl groups excluding tert-OH is 1. The average molecular weight is 842 g/mol. The van der Waals surface area contributed by atoms with Gasteiger partial charge < -0.3 is 40.3 Å². The lowest BCUT2D eigenvalue weighted by atomic mass is 9.94. The number of aliphatic hydroxyl groups is 1. The third kappa shape index (κ3) is 17.7. The van der Waals surface area contributed by atoms with E-state index in [-0.39, 0.29) is 42.6 Å². The van der Waals surface area contributed by atoms with Crippen molar-refractivity contribution in [3.8, 4) is 0 Å². The number of nitrogens with one attached hydrogen (secondary N) is 3. The van der Waals surface area contributed by atoms with E-state index >= 15 is 0 Å². The van der Waals surface area contributed by atoms with E-state index in [1.807, 2.05) is 53.7 Å². The maximum absolute atomic E-state index is 14.1. The monoisotopic (exact) mass is 842 g/mol. The van der Waals surface area contributed by atoms with Gasteiger partial charge in [0.25, 0.3) is 5.91 Å². The van der Waals surface area contributed by atoms with Crippen LogP contribution in [0.4, 0.5) is 0 Å². The van der Waals surface area contributed by atoms with Crippen LogP contribution in [0.15, 0.2) is 53.6 Å². The molecule has 0 aromatic heterocycles. The number of allylic oxidation sites excluding steroid dienone is 2. The first kappa shape index (κ1) is 53.0. The predicted octanol–water partition coefficient (Wildman–Crippen LogP) is 3.88. The number of rotatable bonds is 24. The molecule has 1 rings (SSSR count). The molecule has 8 atom stereocenters. The number of nitrogens with zero attached hydrogens (tertiary/aromatic N) is 2. The van der Waals surface area contributed by atoms with E-state index in [9.17, 15) is 38.7 Å². The zero-order valence-electron chi connectivity index (χ0n) is 38.0. The van der Waals surface area contributed by atoms with Gasteiger partial charge in [-0.1, -0.05) is 89.1 Å². The highest BCUT2D eigenvalue weighted by molar-refractivity contribution is 5.96. The standard InChI is InChI=1S/C45H71N5O10/c1-14-28(5)24-31(8)36(51)22-21-30(7)44(57)60-37(23-27(3)4)40(53)46-32(9)42(55)50(12)35(25-34-19-17-16-18-20-34)43(56)49(11)26-38(52)48-39(29(6)15-2)41(54)47-33(10)45(58)59-13/h14,16-21,27,29,31-33,35-37,39,51H,15,22-26H2,1-13H3,(H,46,53)(H,47,54)(H,48,52)/b28-14+,30-21+/t29?,31-,32+,33+,35-,36+,37-,39+/m1/s1. The lowest BCUT2D eigenvalue weighted by molar-refractivity contribution is -0.154. The third-order valence-corrected chi connectivity index (χ3v) is 10.6. The molecule has 5 amide bonds. The maximum Gasteiger partial charge on any atom is 0.334 e. The highest BCUT2D eigenvalue weighted by atomic mass is 16.5. The summed E-state index contributed by atoms with van der Waals surface area (Å²) in [5.41, 5.74) is 2.13. The van der Waals surface area contributed by atoms with Gasteiger partial charge >= 0.3 is 11.9 Å². The number of methoxy groups -OCH3 is 1. The molecule has 0 saturated carbocycles. The van der Waals surface area contributed by atoms with Gasteiger partial charge in [-0.3, -0.25) is 24.0 Å². The Hall–Kier alpha value is -5.05. The summed E-state index contributed by atoms with van der Waals surface area (Å²) in [5.74, 6) is -4.85. The quantitative estimate of drug-likeness (QED) is 0.0673. The van der Waals surface area contributed by atoms with Gasteiger partial charge in [-0.25, -0.2) is 9.59 Å². The summed E-state index contributed by atoms with van der Waals surface area (Å²) in [5, 5.41) is 18.5. The number of ether oxygens (including phenoxy) is 2. The Morgan fingerprint density at radius 3 is 1.98 bits per heavy atom. The molecule has 0 fully saturated rings. The van der Waals surface area contributed by atoms with Gasteiger partial charge in [0.1, 0.15) is 24.2 Å². The Kier molecular flexibility index (Phi) is 23.1. The molecule has 1 aromatic carbocycles. The molecule has 1 unspecified atom stereocenters. The molecule has 0 saturated heterocycles. The summed E-state index contributed by atoms with van der Waals surface area (Å²) in [7, 11) is 4.05. The minimum Gasteiger partial charge on any atom is -0.467 e. The van der Waals surface area contributed by atoms with Crippen molar-refractivity contribution >= 4 is 41.5 Å². The summed E-state index contributed by atoms with van der Waals surface area (Å²) < 4.78 is 10.3. The van der Waals surface area contributed by atoms with Crippen LogP contribution in [0, 0.1) is 17.8 Å². The molecule has 1 aromatic rings. The second-order valence-corrected chi connectivity index (χ2v) is 16.3. The van der Waals surface area contributed by atoms with Crippen LogP contribution in [0.1, 0.15) is 100 Å². The minimum atomic E-state index is -1.22. The van der Waals surface area contributed by atoms with Gasteiger partial charge in [0.15, 0.2) is 6.10 Å². The number of amides is 5. The lowest BCUT2D eigenvalue weighted by Crippen LogP contribution is -2.57. The van der Waals surface area contributed by atoms with Crippen molar-refractivity contribution in [3.63, 3.8) is 0 Å². The number of carbonyl (C=O) groups is 7. The number of hydrogen-bond donors (Lipinski definition) is 4. The normalized spacial score (nSPS) is 15.8. The Balaban J connectivity index is 3.20. The molecule has 60 heavy (non-hydrogen) atoms. The van der Waals surface area contributed by atoms with Gasteiger partial charge in [0, 0.05) is 26.1 Å². The van der Waals surface area contributed by atoms with Crippen LogP contribution in [0.5, 0.6) is 0 Å². The largest absolute Gasteiger partial charge is 0.467 e. The number of esters is 2. The second kappa shape index (κ2) is 26.2. The Morgan fingerprint density at radius 1 is 0.833 bits per heavy atom. The minimum absolute atomic E-state index is 0.0299. The molecular weight excluding hydrogens is 771 g/mol. The molecule has 0 spiro atoms. The van der Waals surface area contributed by atoms with Crippen LogP contribution in [-0.4, -0.2) is 121 Å². The molecule has 15 heteroatoms. The summed E-state index contributed by atoms with van der Waals surface area (Å²) in [6.07, 6.45) is 3.42. The van der Waals surface area contributed by atoms with Gasteiger partial charge in [-0.05, 0) is 77.2 Å². The fourth-order valence-electron chi connectivity index (χ4n) is 6.30. The fraction of sp³-hybridized carbons (Fsp3) is 0.622. The molecule has 0 heterocycles. The van der Waals surface area contributed by atoms with E-state index in [2.05, 4.69) is 20.7 Å². The van der Waals surface area contributed by atoms with Crippen molar-refractivity contribution < 1.29 is 48.1 Å². The first-order valence-corrected chi connectivity index (χ1v) is 20.8. The van der Waals surface area contributed by atoms with E-state index in [1.54, 1.807) is 44.2 Å². The van der Waals surface area contributed by atoms with Crippen molar-refractivity contribution in [2.24, 2.45) is 17.8 Å². The first-order valence-electron chi connectivity index (χ1n) is 20.8. The van der Waals surface area contributed by atoms with Gasteiger partial charge in [-0.15, -0.1) is 0 Å². The molecule has 0 bridgehead atoms. The number of benzene rings is 1. The SMILES string of the molecule is C/C=C(\C)C[C@@H](C)[C@@H](O)C/C=C(\C)C(=O)O[C@H](CC(C)C)C(=O)N[C@@H](C)C(=O)N(C)[C@H](Cc1ccccc1)C(=O)N(C)CC(=O)N[C@H](C(=O)N[C@@H](C)C(=O)OC)C(C)CC. The highest BCUT2D eigenvalue weighted by Crippen LogP contribution is 2.19. The van der Waals surface area contributed by atoms with E-state index < -0.39 is 84.4 Å². The van der Waals surface area contributed by atoms with Crippen LogP contribution in [-0.2, 0) is 49.5 Å². The van der Waals surface area contributed by atoms with Crippen LogP contribution in [0.3, 0.4) is 0 Å². The second-order valence-electron chi connectivity index (χ2n) is 16.3. The molecule has 0 aliphatic carbocycles. The van der Waals surface area contributed by atoms with Crippen molar-refractivity contribution in [3.05, 3.63) is 59.2 Å². The van der Waals surface area contributed by atoms with Crippen molar-refractivity contribution in [1.29, 1.82) is 0 Å². The summed E-state index contributed by atoms with van der Waals surface area (Å²) in [6, 6.07) is 4.79. The summed E-state index contributed by atoms with van der Waals surface area (Å²) in [6.45, 7) is 17.3. The molecule has 15 nitrogen and oxygen atoms in total. The molecule has 0 aliphatic heterocycles. The highest BCUT2D eigenvalue weighted by Gasteiger charge is 2.35. The van der Waals surface area contributed by atoms with Crippen LogP contribution in [0.2, 0.25) is 0 Å². The Morgan fingerprint density at radius 2 is 1.43 bits per heavy atom. The third-order valence-electron chi connectivity index (χ3n) is 10.6. The molecular formula is C45H71N5O10. The van der Waals surface area contributed by atoms with E-state index in [0.29, 0.717) is 12.8 Å². The van der Waals surface area contributed by atoms with Gasteiger partial charge in [0.05, 0.1) is 19.8 Å². The lowest BCUT2D eigenvalue weighted by Gasteiger charge is -2.33. The van der Waals surface area contributed by atoms with Crippen molar-refractivity contribution in [2.45, 2.75) is 138 Å². The van der Waals surface area contributed by atoms with Crippen LogP contribution >= 0.6 is 0 Å². The topological polar surface area (TPSA) is 201 Å². The number of hydrogen-bond acceptors (Lipinski definition) is 10. The maximum atomic E-state index is 14.1. The molecule has 0 radical (unpaired) electrons. The molecule has 0 aliphatic rings. The van der Waals surface area contributed by atoms with Gasteiger partial charge in [-0.2, -0.15) is 0 Å². The number of carbonyl (C=O) groups excluding carboxylic acids is 7. The summed E-state index contributed by atoms with van der Waals surface area (Å²) in [4.78, 5) is 95.5. The average Bonchev–Trinajstić information content (AvgIpc) is 3.21. The van der Waals surface area contributed by atoms with E-state index in [1.165, 1.54) is 40.0 Å².